The van der Waals surface area contributed by atoms with Crippen molar-refractivity contribution in [1.29, 1.82) is 0 Å². The third-order valence-electron chi connectivity index (χ3n) is 11.2. The quantitative estimate of drug-likeness (QED) is 0.123. The molecule has 0 spiro atoms. The Bertz CT molecular complexity index is 3440. The topological polar surface area (TPSA) is 56.7 Å². The molecule has 0 aliphatic rings. The van der Waals surface area contributed by atoms with E-state index in [-0.39, 0.29) is 31.2 Å². The van der Waals surface area contributed by atoms with Crippen molar-refractivity contribution in [1.82, 2.24) is 19.5 Å². The first kappa shape index (κ1) is 37.7. The SMILES string of the molecule is Cc1c(-n2c(-c3[c-]ccc4c3oc3ncccc34)nc3ccccc32)ccc2c1sc1cc(C(C)C)ccc12.[2H]C([2H])([2H])c1c[c-]c(-c2cc(C([2H])(C)C)[c]([Ge]([CH3])([CH3])[CH3])cn2)c(F)c1.[Ir]. The van der Waals surface area contributed by atoms with Crippen LogP contribution in [0.15, 0.2) is 114 Å². The Kier molecular flexibility index (Phi) is 10.3. The van der Waals surface area contributed by atoms with Crippen molar-refractivity contribution in [2.45, 2.75) is 70.6 Å². The van der Waals surface area contributed by atoms with Gasteiger partial charge in [-0.2, -0.15) is 0 Å². The van der Waals surface area contributed by atoms with E-state index in [0.29, 0.717) is 17.3 Å². The van der Waals surface area contributed by atoms with E-state index in [2.05, 4.69) is 113 Å². The number of aromatic nitrogens is 4. The third kappa shape index (κ3) is 7.77. The molecule has 0 aliphatic carbocycles. The van der Waals surface area contributed by atoms with Crippen LogP contribution in [0.25, 0.3) is 81.6 Å². The Labute approximate surface area is 382 Å². The molecule has 5 aromatic carbocycles. The fraction of sp³-hybridized carbons (Fsp3) is 0.212. The van der Waals surface area contributed by atoms with Gasteiger partial charge >= 0.3 is 135 Å². The largest absolute Gasteiger partial charge is 0 e. The fourth-order valence-corrected chi connectivity index (χ4v) is 12.6. The van der Waals surface area contributed by atoms with Gasteiger partial charge in [-0.15, -0.1) is 29.5 Å². The van der Waals surface area contributed by atoms with Gasteiger partial charge in [-0.3, -0.25) is 4.98 Å². The summed E-state index contributed by atoms with van der Waals surface area (Å²) in [5.41, 5.74) is 9.19. The molecule has 309 valence electrons. The minimum atomic E-state index is -2.37. The molecule has 10 rings (SSSR count). The summed E-state index contributed by atoms with van der Waals surface area (Å²) in [6.45, 7) is 7.97. The van der Waals surface area contributed by atoms with Crippen LogP contribution >= 0.6 is 11.3 Å². The molecule has 61 heavy (non-hydrogen) atoms. The van der Waals surface area contributed by atoms with E-state index in [1.165, 1.54) is 37.4 Å². The van der Waals surface area contributed by atoms with Gasteiger partial charge in [-0.1, -0.05) is 55.1 Å². The molecule has 0 aliphatic heterocycles. The van der Waals surface area contributed by atoms with Gasteiger partial charge in [-0.05, 0) is 60.4 Å². The normalized spacial score (nSPS) is 13.3. The average Bonchev–Trinajstić information content (AvgIpc) is 3.94. The van der Waals surface area contributed by atoms with Crippen molar-refractivity contribution in [3.05, 3.63) is 150 Å². The summed E-state index contributed by atoms with van der Waals surface area (Å²) in [7, 11) is 0. The van der Waals surface area contributed by atoms with Crippen LogP contribution in [0.3, 0.4) is 0 Å². The van der Waals surface area contributed by atoms with Crippen LogP contribution in [-0.4, -0.2) is 32.8 Å². The predicted molar refractivity (Wildman–Crippen MR) is 252 cm³/mol. The Balaban J connectivity index is 0.000000194. The molecule has 9 heteroatoms. The number of halogens is 1. The standard InChI is InChI=1S/C34H24N3OS.C18H23FGeN.Ir/c1-19(2)21-13-14-22-24-15-16-28(20(3)32(24)39-30(22)18-21)37-29-12-5-4-11-27(29)36-33(37)26-9-6-8-23-25-10-7-17-35-34(25)38-31(23)26;1-12(2)15-10-18(21-11-17(15)20(4,5)6)14-8-7-13(3)9-16(14)19;/h4-8,10-19H,1-3H3;7,9-12H,1-6H3;/q2*-1;/i;3D3,12D;. The van der Waals surface area contributed by atoms with E-state index >= 15 is 0 Å². The van der Waals surface area contributed by atoms with Crippen LogP contribution in [0.1, 0.15) is 67.2 Å². The van der Waals surface area contributed by atoms with Crippen molar-refractivity contribution in [2.24, 2.45) is 0 Å². The number of furan rings is 1. The van der Waals surface area contributed by atoms with E-state index in [1.807, 2.05) is 41.7 Å². The van der Waals surface area contributed by atoms with Crippen LogP contribution < -0.4 is 4.40 Å². The Morgan fingerprint density at radius 2 is 1.67 bits per heavy atom. The van der Waals surface area contributed by atoms with E-state index in [0.717, 1.165) is 60.5 Å². The molecule has 1 radical (unpaired) electrons. The smallest absolute Gasteiger partial charge is 0 e. The van der Waals surface area contributed by atoms with E-state index in [9.17, 15) is 4.39 Å². The van der Waals surface area contributed by atoms with Crippen LogP contribution in [0.5, 0.6) is 0 Å². The van der Waals surface area contributed by atoms with Gasteiger partial charge in [0.1, 0.15) is 0 Å². The van der Waals surface area contributed by atoms with Gasteiger partial charge in [-0.25, -0.2) is 4.98 Å². The number of hydrogen-bond donors (Lipinski definition) is 0. The zero-order chi connectivity index (χ0) is 45.5. The van der Waals surface area contributed by atoms with E-state index in [1.54, 1.807) is 32.3 Å². The van der Waals surface area contributed by atoms with Crippen LogP contribution in [-0.2, 0) is 20.1 Å². The number of nitrogens with zero attached hydrogens (tertiary/aromatic N) is 4. The number of fused-ring (bicyclic) bond motifs is 7. The molecule has 0 amide bonds. The monoisotopic (exact) mass is 1070 g/mol. The van der Waals surface area contributed by atoms with E-state index < -0.39 is 31.8 Å². The van der Waals surface area contributed by atoms with Crippen molar-refractivity contribution < 1.29 is 34.4 Å². The number of imidazole rings is 1. The molecule has 0 saturated carbocycles. The second-order valence-corrected chi connectivity index (χ2v) is 28.5. The minimum Gasteiger partial charge on any atom is 0 e. The first-order valence-corrected chi connectivity index (χ1v) is 28.3. The molecule has 5 nitrogen and oxygen atoms in total. The predicted octanol–water partition coefficient (Wildman–Crippen LogP) is 14.2. The van der Waals surface area contributed by atoms with Crippen molar-refractivity contribution in [3.63, 3.8) is 0 Å². The van der Waals surface area contributed by atoms with E-state index in [4.69, 9.17) is 14.9 Å². The fourth-order valence-electron chi connectivity index (χ4n) is 8.03. The number of benzene rings is 5. The third-order valence-corrected chi connectivity index (χ3v) is 16.7. The Morgan fingerprint density at radius 1 is 0.869 bits per heavy atom. The number of pyridine rings is 2. The maximum Gasteiger partial charge on any atom is 0 e. The molecule has 0 N–H and O–H groups in total. The zero-order valence-electron chi connectivity index (χ0n) is 39.3. The molecule has 0 saturated heterocycles. The number of thiophene rings is 1. The summed E-state index contributed by atoms with van der Waals surface area (Å²) in [4.78, 5) is 14.0. The molecular weight excluding hydrogens is 1010 g/mol. The molecule has 0 atom stereocenters. The van der Waals surface area contributed by atoms with Gasteiger partial charge in [0, 0.05) is 57.5 Å². The van der Waals surface area contributed by atoms with Gasteiger partial charge in [0.2, 0.25) is 5.71 Å². The minimum absolute atomic E-state index is 0. The number of para-hydroxylation sites is 2. The van der Waals surface area contributed by atoms with Gasteiger partial charge in [0.05, 0.1) is 22.4 Å². The first-order valence-electron chi connectivity index (χ1n) is 22.1. The van der Waals surface area contributed by atoms with Crippen molar-refractivity contribution in [3.8, 4) is 28.3 Å². The maximum atomic E-state index is 14.5. The van der Waals surface area contributed by atoms with Crippen LogP contribution in [0.2, 0.25) is 17.3 Å². The zero-order valence-corrected chi connectivity index (χ0v) is 40.6. The Hall–Kier alpha value is -4.99. The van der Waals surface area contributed by atoms with Crippen LogP contribution in [0.4, 0.5) is 4.39 Å². The second kappa shape index (κ2) is 16.7. The maximum absolute atomic E-state index is 14.5. The summed E-state index contributed by atoms with van der Waals surface area (Å²) >= 11 is -0.376. The molecule has 0 fully saturated rings. The molecule has 10 aromatic rings. The molecule has 5 aromatic heterocycles. The first-order chi connectivity index (χ1) is 30.3. The van der Waals surface area contributed by atoms with Gasteiger partial charge in [0.25, 0.3) is 0 Å². The molecule has 5 heterocycles. The number of aryl methyl sites for hydroxylation is 2. The van der Waals surface area contributed by atoms with Crippen molar-refractivity contribution in [2.75, 3.05) is 0 Å². The molecular formula is C52H47FGeIrN4OS-2. The summed E-state index contributed by atoms with van der Waals surface area (Å²) in [5, 5.41) is 4.63. The van der Waals surface area contributed by atoms with Gasteiger partial charge < -0.3 is 8.98 Å². The number of rotatable bonds is 6. The van der Waals surface area contributed by atoms with Crippen molar-refractivity contribution >= 4 is 82.3 Å². The summed E-state index contributed by atoms with van der Waals surface area (Å²) in [6.07, 6.45) is 3.52. The summed E-state index contributed by atoms with van der Waals surface area (Å²) < 4.78 is 57.3. The van der Waals surface area contributed by atoms with Gasteiger partial charge in [0.15, 0.2) is 0 Å². The second-order valence-electron chi connectivity index (χ2n) is 16.9. The van der Waals surface area contributed by atoms with Crippen LogP contribution in [0, 0.1) is 31.7 Å². The molecule has 0 bridgehead atoms. The average molecular weight is 1060 g/mol. The Morgan fingerprint density at radius 3 is 2.43 bits per heavy atom. The summed E-state index contributed by atoms with van der Waals surface area (Å²) in [6, 6.07) is 37.9. The summed E-state index contributed by atoms with van der Waals surface area (Å²) in [5.74, 6) is 6.49. The number of hydrogen-bond acceptors (Lipinski definition) is 5. The molecule has 0 unspecified atom stereocenters.